The van der Waals surface area contributed by atoms with E-state index < -0.39 is 42.4 Å². The molecule has 9 heteroatoms. The molecule has 2 aliphatic heterocycles. The quantitative estimate of drug-likeness (QED) is 0.839. The molecule has 1 unspecified atom stereocenters. The number of rotatable bonds is 3. The number of carbonyl (C=O) groups excluding carboxylic acids is 1. The minimum atomic E-state index is -4.65. The van der Waals surface area contributed by atoms with E-state index in [1.807, 2.05) is 6.07 Å². The zero-order valence-corrected chi connectivity index (χ0v) is 15.0. The fourth-order valence-corrected chi connectivity index (χ4v) is 4.26. The predicted molar refractivity (Wildman–Crippen MR) is 89.0 cm³/mol. The third-order valence-electron chi connectivity index (χ3n) is 5.77. The van der Waals surface area contributed by atoms with Crippen LogP contribution in [-0.2, 0) is 4.74 Å². The molecule has 1 aromatic carbocycles. The van der Waals surface area contributed by atoms with Gasteiger partial charge in [-0.1, -0.05) is 12.1 Å². The summed E-state index contributed by atoms with van der Waals surface area (Å²) in [7, 11) is 0. The number of benzene rings is 1. The summed E-state index contributed by atoms with van der Waals surface area (Å²) in [6.07, 6.45) is -6.51. The normalized spacial score (nSPS) is 25.5. The Bertz CT molecular complexity index is 769. The zero-order chi connectivity index (χ0) is 20.5. The number of nitriles is 1. The molecule has 2 fully saturated rings. The topological polar surface area (TPSA) is 96.6 Å². The third kappa shape index (κ3) is 3.93. The number of alkyl halides is 3. The van der Waals surface area contributed by atoms with Crippen molar-refractivity contribution in [3.8, 4) is 6.07 Å². The molecule has 6 nitrogen and oxygen atoms in total. The van der Waals surface area contributed by atoms with Crippen LogP contribution in [0.2, 0.25) is 0 Å². The van der Waals surface area contributed by atoms with Gasteiger partial charge in [0.1, 0.15) is 12.0 Å². The Labute approximate surface area is 160 Å². The molecule has 1 spiro atoms. The molecule has 152 valence electrons. The zero-order valence-electron chi connectivity index (χ0n) is 15.0. The van der Waals surface area contributed by atoms with Crippen LogP contribution < -0.4 is 5.11 Å². The summed E-state index contributed by atoms with van der Waals surface area (Å²) in [5.41, 5.74) is -0.0229. The summed E-state index contributed by atoms with van der Waals surface area (Å²) in [5.74, 6) is -2.73. The van der Waals surface area contributed by atoms with Crippen LogP contribution in [0.5, 0.6) is 0 Å². The second kappa shape index (κ2) is 7.60. The van der Waals surface area contributed by atoms with Gasteiger partial charge in [-0.3, -0.25) is 0 Å². The van der Waals surface area contributed by atoms with Crippen molar-refractivity contribution in [1.29, 1.82) is 5.26 Å². The number of halogens is 3. The smallest absolute Gasteiger partial charge is 0.396 e. The second-order valence-electron chi connectivity index (χ2n) is 7.40. The number of ether oxygens (including phenoxy) is 1. The van der Waals surface area contributed by atoms with Crippen molar-refractivity contribution >= 4 is 6.09 Å². The molecule has 1 aromatic rings. The molecule has 0 aromatic heterocycles. The molecule has 28 heavy (non-hydrogen) atoms. The van der Waals surface area contributed by atoms with Gasteiger partial charge in [-0.2, -0.15) is 18.4 Å². The molecule has 2 heterocycles. The Kier molecular flexibility index (Phi) is 5.55. The Balaban J connectivity index is 1.93. The van der Waals surface area contributed by atoms with E-state index in [1.165, 1.54) is 0 Å². The Morgan fingerprint density at radius 1 is 1.43 bits per heavy atom. The van der Waals surface area contributed by atoms with Gasteiger partial charge in [0.25, 0.3) is 0 Å². The standard InChI is InChI=1S/C19H21F3N2O4/c20-19(21,22)15(11-25)16-14(13-3-1-2-12(8-13)10-23)9-18(28-16)4-6-24(7-5-18)17(26)27/h1-3,8,14-16,25H,4-7,9,11H2,(H,26,27)/p-1/t14-,15?,16+/m0/s1. The molecule has 2 aliphatic rings. The molecule has 0 saturated carbocycles. The Hall–Kier alpha value is -2.31. The van der Waals surface area contributed by atoms with E-state index in [0.717, 1.165) is 4.90 Å². The molecule has 2 saturated heterocycles. The van der Waals surface area contributed by atoms with Crippen LogP contribution in [0, 0.1) is 17.2 Å². The van der Waals surface area contributed by atoms with E-state index in [4.69, 9.17) is 10.00 Å². The van der Waals surface area contributed by atoms with E-state index in [1.54, 1.807) is 24.3 Å². The van der Waals surface area contributed by atoms with Crippen molar-refractivity contribution in [3.05, 3.63) is 35.4 Å². The van der Waals surface area contributed by atoms with Crippen LogP contribution in [0.4, 0.5) is 18.0 Å². The lowest BCUT2D eigenvalue weighted by molar-refractivity contribution is -0.268. The highest BCUT2D eigenvalue weighted by atomic mass is 19.4. The first-order chi connectivity index (χ1) is 13.2. The van der Waals surface area contributed by atoms with E-state index >= 15 is 0 Å². The van der Waals surface area contributed by atoms with Gasteiger partial charge in [0.15, 0.2) is 0 Å². The second-order valence-corrected chi connectivity index (χ2v) is 7.40. The number of carboxylic acid groups (broad SMARTS) is 1. The first-order valence-electron chi connectivity index (χ1n) is 9.00. The molecular formula is C19H20F3N2O4-. The van der Waals surface area contributed by atoms with Crippen molar-refractivity contribution in [2.24, 2.45) is 5.92 Å². The maximum atomic E-state index is 13.5. The first-order valence-corrected chi connectivity index (χ1v) is 9.00. The number of hydrogen-bond donors (Lipinski definition) is 1. The summed E-state index contributed by atoms with van der Waals surface area (Å²) >= 11 is 0. The van der Waals surface area contributed by atoms with E-state index in [-0.39, 0.29) is 32.4 Å². The number of carbonyl (C=O) groups is 1. The van der Waals surface area contributed by atoms with Crippen molar-refractivity contribution in [3.63, 3.8) is 0 Å². The van der Waals surface area contributed by atoms with Crippen LogP contribution >= 0.6 is 0 Å². The lowest BCUT2D eigenvalue weighted by atomic mass is 9.79. The molecule has 3 rings (SSSR count). The van der Waals surface area contributed by atoms with Gasteiger partial charge >= 0.3 is 6.18 Å². The minimum Gasteiger partial charge on any atom is -0.530 e. The molecule has 0 bridgehead atoms. The first kappa shape index (κ1) is 20.4. The maximum absolute atomic E-state index is 13.5. The number of nitrogens with zero attached hydrogens (tertiary/aromatic N) is 2. The number of likely N-dealkylation sites (tertiary alicyclic amines) is 1. The molecule has 0 radical (unpaired) electrons. The van der Waals surface area contributed by atoms with Crippen LogP contribution in [0.15, 0.2) is 24.3 Å². The summed E-state index contributed by atoms with van der Waals surface area (Å²) in [6, 6.07) is 8.35. The predicted octanol–water partition coefficient (Wildman–Crippen LogP) is 1.78. The summed E-state index contributed by atoms with van der Waals surface area (Å²) < 4.78 is 46.6. The van der Waals surface area contributed by atoms with Gasteiger partial charge in [0.05, 0.1) is 29.9 Å². The molecule has 3 atom stereocenters. The third-order valence-corrected chi connectivity index (χ3v) is 5.77. The molecule has 1 amide bonds. The minimum absolute atomic E-state index is 0.121. The van der Waals surface area contributed by atoms with E-state index in [2.05, 4.69) is 0 Å². The SMILES string of the molecule is N#Cc1cccc([C@@H]2CC3(CCN(C(=O)[O-])CC3)O[C@H]2C(CO)C(F)(F)F)c1. The Morgan fingerprint density at radius 3 is 2.64 bits per heavy atom. The average Bonchev–Trinajstić information content (AvgIpc) is 3.00. The monoisotopic (exact) mass is 397 g/mol. The highest BCUT2D eigenvalue weighted by molar-refractivity contribution is 5.62. The fraction of sp³-hybridized carbons (Fsp3) is 0.579. The summed E-state index contributed by atoms with van der Waals surface area (Å²) in [4.78, 5) is 12.1. The van der Waals surface area contributed by atoms with Gasteiger partial charge in [-0.15, -0.1) is 0 Å². The van der Waals surface area contributed by atoms with Gasteiger partial charge in [-0.25, -0.2) is 0 Å². The largest absolute Gasteiger partial charge is 0.530 e. The molecule has 0 aliphatic carbocycles. The average molecular weight is 397 g/mol. The molecule has 1 N–H and O–H groups in total. The van der Waals surface area contributed by atoms with Crippen molar-refractivity contribution in [1.82, 2.24) is 4.90 Å². The number of aliphatic hydroxyl groups excluding tert-OH is 1. The fourth-order valence-electron chi connectivity index (χ4n) is 4.26. The van der Waals surface area contributed by atoms with Crippen LogP contribution in [-0.4, -0.2) is 53.7 Å². The van der Waals surface area contributed by atoms with E-state index in [0.29, 0.717) is 11.1 Å². The van der Waals surface area contributed by atoms with Crippen LogP contribution in [0.25, 0.3) is 0 Å². The van der Waals surface area contributed by atoms with Gasteiger partial charge in [0, 0.05) is 19.0 Å². The number of hydrogen-bond acceptors (Lipinski definition) is 5. The molecular weight excluding hydrogens is 377 g/mol. The lowest BCUT2D eigenvalue weighted by Gasteiger charge is -2.40. The van der Waals surface area contributed by atoms with E-state index in [9.17, 15) is 28.2 Å². The summed E-state index contributed by atoms with van der Waals surface area (Å²) in [5, 5.41) is 29.6. The maximum Gasteiger partial charge on any atom is 0.396 e. The number of piperidine rings is 1. The van der Waals surface area contributed by atoms with Gasteiger partial charge < -0.3 is 24.6 Å². The van der Waals surface area contributed by atoms with Gasteiger partial charge in [-0.05, 0) is 37.0 Å². The highest BCUT2D eigenvalue weighted by Crippen LogP contribution is 2.51. The van der Waals surface area contributed by atoms with Crippen molar-refractivity contribution in [2.75, 3.05) is 19.7 Å². The summed E-state index contributed by atoms with van der Waals surface area (Å²) in [6.45, 7) is -0.866. The van der Waals surface area contributed by atoms with Gasteiger partial charge in [0.2, 0.25) is 0 Å². The Morgan fingerprint density at radius 2 is 2.11 bits per heavy atom. The van der Waals surface area contributed by atoms with Crippen molar-refractivity contribution < 1.29 is 32.9 Å². The number of aliphatic hydroxyl groups is 1. The van der Waals surface area contributed by atoms with Crippen LogP contribution in [0.3, 0.4) is 0 Å². The van der Waals surface area contributed by atoms with Crippen LogP contribution in [0.1, 0.15) is 36.3 Å². The lowest BCUT2D eigenvalue weighted by Crippen LogP contribution is -2.51. The highest BCUT2D eigenvalue weighted by Gasteiger charge is 2.56. The number of amides is 1. The van der Waals surface area contributed by atoms with Crippen molar-refractivity contribution in [2.45, 2.75) is 43.1 Å².